The predicted molar refractivity (Wildman–Crippen MR) is 69.4 cm³/mol. The second-order valence-corrected chi connectivity index (χ2v) is 3.67. The zero-order chi connectivity index (χ0) is 12.0. The quantitative estimate of drug-likeness (QED) is 0.445. The van der Waals surface area contributed by atoms with Gasteiger partial charge in [-0.25, -0.2) is 4.98 Å². The van der Waals surface area contributed by atoms with E-state index in [0.717, 1.165) is 17.9 Å². The second-order valence-electron chi connectivity index (χ2n) is 3.41. The number of aromatic nitrogens is 2. The largest absolute Gasteiger partial charge is 0.369 e. The van der Waals surface area contributed by atoms with Crippen LogP contribution in [0.3, 0.4) is 0 Å². The van der Waals surface area contributed by atoms with Gasteiger partial charge < -0.3 is 15.0 Å². The number of aryl methyl sites for hydroxylation is 1. The van der Waals surface area contributed by atoms with Crippen LogP contribution in [-0.2, 0) is 4.74 Å². The molecule has 1 N–H and O–H groups in total. The standard InChI is InChI=1S/C10H18N4OS/c1-8-6-12-10(11-2)13-9(8)14(3)4-5-15-7-16/h6,16H,4-5,7H2,1-3H3,(H,11,12,13). The molecule has 0 fully saturated rings. The highest BCUT2D eigenvalue weighted by Gasteiger charge is 2.07. The monoisotopic (exact) mass is 242 g/mol. The number of hydrogen-bond acceptors (Lipinski definition) is 6. The van der Waals surface area contributed by atoms with Gasteiger partial charge >= 0.3 is 0 Å². The Hall–Kier alpha value is -1.01. The van der Waals surface area contributed by atoms with Crippen molar-refractivity contribution in [3.05, 3.63) is 11.8 Å². The molecule has 0 spiro atoms. The van der Waals surface area contributed by atoms with Crippen molar-refractivity contribution in [2.45, 2.75) is 6.92 Å². The number of thiol groups is 1. The van der Waals surface area contributed by atoms with E-state index < -0.39 is 0 Å². The molecule has 16 heavy (non-hydrogen) atoms. The van der Waals surface area contributed by atoms with Gasteiger partial charge in [-0.3, -0.25) is 0 Å². The van der Waals surface area contributed by atoms with Crippen molar-refractivity contribution in [3.63, 3.8) is 0 Å². The van der Waals surface area contributed by atoms with Gasteiger partial charge in [-0.05, 0) is 6.92 Å². The summed E-state index contributed by atoms with van der Waals surface area (Å²) in [5.74, 6) is 1.99. The van der Waals surface area contributed by atoms with Crippen molar-refractivity contribution in [1.29, 1.82) is 0 Å². The molecule has 1 rings (SSSR count). The maximum Gasteiger partial charge on any atom is 0.224 e. The highest BCUT2D eigenvalue weighted by Crippen LogP contribution is 2.15. The van der Waals surface area contributed by atoms with E-state index in [9.17, 15) is 0 Å². The number of nitrogens with one attached hydrogen (secondary N) is 1. The summed E-state index contributed by atoms with van der Waals surface area (Å²) in [6.07, 6.45) is 1.81. The number of nitrogens with zero attached hydrogens (tertiary/aromatic N) is 3. The van der Waals surface area contributed by atoms with E-state index in [2.05, 4.69) is 27.9 Å². The highest BCUT2D eigenvalue weighted by atomic mass is 32.1. The second kappa shape index (κ2) is 6.55. The molecule has 0 unspecified atom stereocenters. The van der Waals surface area contributed by atoms with E-state index in [-0.39, 0.29) is 0 Å². The van der Waals surface area contributed by atoms with Crippen molar-refractivity contribution in [2.75, 3.05) is 43.4 Å². The van der Waals surface area contributed by atoms with Gasteiger partial charge in [-0.2, -0.15) is 17.6 Å². The maximum atomic E-state index is 5.19. The van der Waals surface area contributed by atoms with Crippen LogP contribution in [0.2, 0.25) is 0 Å². The lowest BCUT2D eigenvalue weighted by Gasteiger charge is -2.20. The summed E-state index contributed by atoms with van der Waals surface area (Å²) >= 11 is 3.99. The molecule has 6 heteroatoms. The average molecular weight is 242 g/mol. The molecule has 0 saturated carbocycles. The average Bonchev–Trinajstić information content (AvgIpc) is 2.30. The van der Waals surface area contributed by atoms with Gasteiger partial charge in [0.15, 0.2) is 0 Å². The summed E-state index contributed by atoms with van der Waals surface area (Å²) < 4.78 is 5.19. The summed E-state index contributed by atoms with van der Waals surface area (Å²) in [5, 5.41) is 2.92. The number of rotatable bonds is 6. The van der Waals surface area contributed by atoms with Gasteiger partial charge in [0, 0.05) is 32.4 Å². The minimum absolute atomic E-state index is 0.443. The Morgan fingerprint density at radius 1 is 1.56 bits per heavy atom. The van der Waals surface area contributed by atoms with Crippen molar-refractivity contribution in [1.82, 2.24) is 9.97 Å². The topological polar surface area (TPSA) is 50.3 Å². The Balaban J connectivity index is 2.69. The number of hydrogen-bond donors (Lipinski definition) is 2. The summed E-state index contributed by atoms with van der Waals surface area (Å²) in [4.78, 5) is 10.6. The Kier molecular flexibility index (Phi) is 5.34. The molecular weight excluding hydrogens is 224 g/mol. The summed E-state index contributed by atoms with van der Waals surface area (Å²) in [5.41, 5.74) is 1.05. The van der Waals surface area contributed by atoms with E-state index in [1.54, 1.807) is 7.05 Å². The van der Waals surface area contributed by atoms with Crippen LogP contribution in [0.1, 0.15) is 5.56 Å². The Morgan fingerprint density at radius 2 is 2.31 bits per heavy atom. The molecule has 0 radical (unpaired) electrons. The molecule has 1 aromatic rings. The number of ether oxygens (including phenoxy) is 1. The number of likely N-dealkylation sites (N-methyl/N-ethyl adjacent to an activating group) is 1. The van der Waals surface area contributed by atoms with Gasteiger partial charge in [0.2, 0.25) is 5.95 Å². The van der Waals surface area contributed by atoms with Crippen LogP contribution in [0, 0.1) is 6.92 Å². The maximum absolute atomic E-state index is 5.19. The third-order valence-corrected chi connectivity index (χ3v) is 2.38. The van der Waals surface area contributed by atoms with Crippen molar-refractivity contribution in [3.8, 4) is 0 Å². The molecule has 1 heterocycles. The predicted octanol–water partition coefficient (Wildman–Crippen LogP) is 1.17. The molecule has 0 saturated heterocycles. The zero-order valence-corrected chi connectivity index (χ0v) is 10.8. The first-order valence-corrected chi connectivity index (χ1v) is 5.73. The minimum Gasteiger partial charge on any atom is -0.369 e. The van der Waals surface area contributed by atoms with Gasteiger partial charge in [-0.1, -0.05) is 0 Å². The Morgan fingerprint density at radius 3 is 2.94 bits per heavy atom. The van der Waals surface area contributed by atoms with E-state index in [4.69, 9.17) is 4.74 Å². The van der Waals surface area contributed by atoms with Crippen LogP contribution < -0.4 is 10.2 Å². The number of anilines is 2. The van der Waals surface area contributed by atoms with Gasteiger partial charge in [0.05, 0.1) is 12.5 Å². The molecule has 0 aromatic carbocycles. The van der Waals surface area contributed by atoms with Crippen LogP contribution in [0.4, 0.5) is 11.8 Å². The minimum atomic E-state index is 0.443. The lowest BCUT2D eigenvalue weighted by Crippen LogP contribution is -2.24. The van der Waals surface area contributed by atoms with E-state index in [0.29, 0.717) is 18.5 Å². The highest BCUT2D eigenvalue weighted by molar-refractivity contribution is 7.80. The molecule has 0 aliphatic rings. The fraction of sp³-hybridized carbons (Fsp3) is 0.600. The first-order valence-electron chi connectivity index (χ1n) is 5.10. The Labute approximate surface area is 102 Å². The van der Waals surface area contributed by atoms with E-state index >= 15 is 0 Å². The molecule has 5 nitrogen and oxygen atoms in total. The van der Waals surface area contributed by atoms with Gasteiger partial charge in [0.25, 0.3) is 0 Å². The van der Waals surface area contributed by atoms with Crippen LogP contribution in [0.5, 0.6) is 0 Å². The summed E-state index contributed by atoms with van der Waals surface area (Å²) in [7, 11) is 3.79. The fourth-order valence-corrected chi connectivity index (χ4v) is 1.44. The third-order valence-electron chi connectivity index (χ3n) is 2.19. The van der Waals surface area contributed by atoms with Crippen molar-refractivity contribution >= 4 is 24.4 Å². The lowest BCUT2D eigenvalue weighted by molar-refractivity contribution is 0.191. The SMILES string of the molecule is CNc1ncc(C)c(N(C)CCOCS)n1. The fourth-order valence-electron chi connectivity index (χ4n) is 1.31. The molecule has 0 aliphatic carbocycles. The van der Waals surface area contributed by atoms with Crippen LogP contribution in [0.15, 0.2) is 6.20 Å². The van der Waals surface area contributed by atoms with Crippen LogP contribution >= 0.6 is 12.6 Å². The molecule has 0 aliphatic heterocycles. The third kappa shape index (κ3) is 3.53. The smallest absolute Gasteiger partial charge is 0.224 e. The summed E-state index contributed by atoms with van der Waals surface area (Å²) in [6, 6.07) is 0. The van der Waals surface area contributed by atoms with Crippen molar-refractivity contribution < 1.29 is 4.74 Å². The normalized spacial score (nSPS) is 10.2. The molecule has 1 aromatic heterocycles. The van der Waals surface area contributed by atoms with E-state index in [1.807, 2.05) is 25.1 Å². The van der Waals surface area contributed by atoms with Gasteiger partial charge in [0.1, 0.15) is 5.82 Å². The molecular formula is C10H18N4OS. The first-order chi connectivity index (χ1) is 7.69. The Bertz CT molecular complexity index is 335. The lowest BCUT2D eigenvalue weighted by atomic mass is 10.3. The van der Waals surface area contributed by atoms with Gasteiger partial charge in [-0.15, -0.1) is 0 Å². The molecule has 0 bridgehead atoms. The molecule has 90 valence electrons. The van der Waals surface area contributed by atoms with Crippen LogP contribution in [-0.4, -0.2) is 43.2 Å². The molecule has 0 amide bonds. The van der Waals surface area contributed by atoms with Crippen LogP contribution in [0.25, 0.3) is 0 Å². The van der Waals surface area contributed by atoms with E-state index in [1.165, 1.54) is 0 Å². The molecule has 0 atom stereocenters. The first kappa shape index (κ1) is 13.1. The summed E-state index contributed by atoms with van der Waals surface area (Å²) in [6.45, 7) is 3.41. The van der Waals surface area contributed by atoms with Crippen molar-refractivity contribution in [2.24, 2.45) is 0 Å². The zero-order valence-electron chi connectivity index (χ0n) is 9.90.